The van der Waals surface area contributed by atoms with E-state index in [0.717, 1.165) is 30.6 Å². The van der Waals surface area contributed by atoms with Crippen LogP contribution in [0.1, 0.15) is 12.8 Å². The SMILES string of the molecule is O=C(O)n1ncc2ccc(Nc3nc(N4CCC(CNCC(F)F)CC4)c4occc4n3)cc21. The Kier molecular flexibility index (Phi) is 5.97. The van der Waals surface area contributed by atoms with Gasteiger partial charge < -0.3 is 25.1 Å². The summed E-state index contributed by atoms with van der Waals surface area (Å²) >= 11 is 0. The second-order valence-corrected chi connectivity index (χ2v) is 8.22. The quantitative estimate of drug-likeness (QED) is 0.368. The van der Waals surface area contributed by atoms with E-state index in [1.165, 1.54) is 6.20 Å². The molecule has 0 amide bonds. The summed E-state index contributed by atoms with van der Waals surface area (Å²) in [4.78, 5) is 22.7. The Morgan fingerprint density at radius 2 is 2.06 bits per heavy atom. The number of rotatable bonds is 7. The van der Waals surface area contributed by atoms with E-state index in [2.05, 4.69) is 30.6 Å². The lowest BCUT2D eigenvalue weighted by atomic mass is 9.97. The lowest BCUT2D eigenvalue weighted by molar-refractivity contribution is 0.143. The molecule has 0 spiro atoms. The molecule has 4 aromatic rings. The number of alkyl halides is 2. The maximum absolute atomic E-state index is 12.4. The molecule has 0 saturated carbocycles. The van der Waals surface area contributed by atoms with Crippen molar-refractivity contribution in [1.29, 1.82) is 0 Å². The molecule has 1 aliphatic heterocycles. The van der Waals surface area contributed by atoms with Crippen LogP contribution in [0.2, 0.25) is 0 Å². The van der Waals surface area contributed by atoms with Gasteiger partial charge in [0.25, 0.3) is 6.43 Å². The van der Waals surface area contributed by atoms with Gasteiger partial charge in [0.1, 0.15) is 5.52 Å². The number of anilines is 3. The second kappa shape index (κ2) is 9.21. The van der Waals surface area contributed by atoms with Crippen molar-refractivity contribution >= 4 is 45.5 Å². The molecule has 0 atom stereocenters. The fraction of sp³-hybridized carbons (Fsp3) is 0.364. The molecule has 1 fully saturated rings. The number of aromatic nitrogens is 4. The van der Waals surface area contributed by atoms with Crippen molar-refractivity contribution in [2.45, 2.75) is 19.3 Å². The molecule has 0 unspecified atom stereocenters. The topological polar surface area (TPSA) is 121 Å². The zero-order chi connectivity index (χ0) is 23.7. The maximum atomic E-state index is 12.4. The van der Waals surface area contributed by atoms with Crippen LogP contribution in [0.5, 0.6) is 0 Å². The molecule has 4 heterocycles. The predicted octanol–water partition coefficient (Wildman–Crippen LogP) is 3.91. The van der Waals surface area contributed by atoms with E-state index in [9.17, 15) is 18.7 Å². The fourth-order valence-electron chi connectivity index (χ4n) is 4.24. The first kappa shape index (κ1) is 22.0. The summed E-state index contributed by atoms with van der Waals surface area (Å²) in [6.07, 6.45) is 1.24. The maximum Gasteiger partial charge on any atom is 0.432 e. The van der Waals surface area contributed by atoms with Gasteiger partial charge in [0.15, 0.2) is 11.4 Å². The van der Waals surface area contributed by atoms with Crippen LogP contribution in [0.4, 0.5) is 31.0 Å². The van der Waals surface area contributed by atoms with Crippen LogP contribution in [-0.4, -0.2) is 63.6 Å². The number of piperidine rings is 1. The molecule has 1 aliphatic rings. The van der Waals surface area contributed by atoms with Crippen LogP contribution in [-0.2, 0) is 0 Å². The molecule has 178 valence electrons. The molecule has 1 saturated heterocycles. The van der Waals surface area contributed by atoms with Crippen LogP contribution >= 0.6 is 0 Å². The van der Waals surface area contributed by atoms with E-state index in [1.807, 2.05) is 0 Å². The third kappa shape index (κ3) is 4.49. The number of carbonyl (C=O) groups is 1. The molecule has 3 N–H and O–H groups in total. The average molecular weight is 471 g/mol. The van der Waals surface area contributed by atoms with E-state index in [0.29, 0.717) is 51.9 Å². The third-order valence-corrected chi connectivity index (χ3v) is 5.94. The largest absolute Gasteiger partial charge is 0.463 e. The number of benzene rings is 1. The van der Waals surface area contributed by atoms with Gasteiger partial charge in [-0.15, -0.1) is 0 Å². The molecule has 0 bridgehead atoms. The molecule has 5 rings (SSSR count). The van der Waals surface area contributed by atoms with Crippen molar-refractivity contribution in [3.63, 3.8) is 0 Å². The Hall–Kier alpha value is -3.80. The Labute approximate surface area is 192 Å². The summed E-state index contributed by atoms with van der Waals surface area (Å²) in [5.74, 6) is 1.34. The third-order valence-electron chi connectivity index (χ3n) is 5.94. The molecule has 0 radical (unpaired) electrons. The molecule has 12 heteroatoms. The van der Waals surface area contributed by atoms with Crippen molar-refractivity contribution in [3.05, 3.63) is 36.7 Å². The van der Waals surface area contributed by atoms with Gasteiger partial charge in [0.05, 0.1) is 24.5 Å². The van der Waals surface area contributed by atoms with Crippen molar-refractivity contribution in [2.75, 3.05) is 36.4 Å². The molecular formula is C22H23F2N7O3. The van der Waals surface area contributed by atoms with E-state index in [4.69, 9.17) is 4.42 Å². The molecule has 0 aliphatic carbocycles. The number of hydrogen-bond acceptors (Lipinski definition) is 8. The van der Waals surface area contributed by atoms with E-state index >= 15 is 0 Å². The van der Waals surface area contributed by atoms with E-state index in [-0.39, 0.29) is 6.54 Å². The minimum Gasteiger partial charge on any atom is -0.463 e. The van der Waals surface area contributed by atoms with E-state index < -0.39 is 12.5 Å². The van der Waals surface area contributed by atoms with Gasteiger partial charge in [-0.1, -0.05) is 0 Å². The highest BCUT2D eigenvalue weighted by atomic mass is 19.3. The highest BCUT2D eigenvalue weighted by molar-refractivity contribution is 5.90. The minimum absolute atomic E-state index is 0.285. The Balaban J connectivity index is 1.35. The number of halogens is 2. The molecule has 34 heavy (non-hydrogen) atoms. The number of carboxylic acid groups (broad SMARTS) is 1. The number of hydrogen-bond donors (Lipinski definition) is 3. The Morgan fingerprint density at radius 1 is 1.24 bits per heavy atom. The second-order valence-electron chi connectivity index (χ2n) is 8.22. The lowest BCUT2D eigenvalue weighted by Gasteiger charge is -2.33. The van der Waals surface area contributed by atoms with Crippen molar-refractivity contribution < 1.29 is 23.1 Å². The van der Waals surface area contributed by atoms with Crippen LogP contribution in [0.3, 0.4) is 0 Å². The smallest absolute Gasteiger partial charge is 0.432 e. The Bertz CT molecular complexity index is 1310. The molecule has 1 aromatic carbocycles. The predicted molar refractivity (Wildman–Crippen MR) is 122 cm³/mol. The average Bonchev–Trinajstić information content (AvgIpc) is 3.45. The number of nitrogens with one attached hydrogen (secondary N) is 2. The molecular weight excluding hydrogens is 448 g/mol. The van der Waals surface area contributed by atoms with Crippen molar-refractivity contribution in [1.82, 2.24) is 25.1 Å². The van der Waals surface area contributed by atoms with Crippen molar-refractivity contribution in [2.24, 2.45) is 5.92 Å². The first-order chi connectivity index (χ1) is 16.5. The molecule has 10 nitrogen and oxygen atoms in total. The number of fused-ring (bicyclic) bond motifs is 2. The minimum atomic E-state index is -2.34. The van der Waals surface area contributed by atoms with Crippen LogP contribution in [0.25, 0.3) is 22.0 Å². The first-order valence-corrected chi connectivity index (χ1v) is 10.9. The summed E-state index contributed by atoms with van der Waals surface area (Å²) < 4.78 is 31.3. The molecule has 3 aromatic heterocycles. The van der Waals surface area contributed by atoms with Gasteiger partial charge in [-0.25, -0.2) is 18.6 Å². The first-order valence-electron chi connectivity index (χ1n) is 10.9. The van der Waals surface area contributed by atoms with Gasteiger partial charge in [0.2, 0.25) is 5.95 Å². The number of nitrogens with zero attached hydrogens (tertiary/aromatic N) is 5. The van der Waals surface area contributed by atoms with Gasteiger partial charge in [-0.05, 0) is 43.5 Å². The van der Waals surface area contributed by atoms with Crippen LogP contribution < -0.4 is 15.5 Å². The highest BCUT2D eigenvalue weighted by Gasteiger charge is 2.24. The van der Waals surface area contributed by atoms with Crippen LogP contribution in [0, 0.1) is 5.92 Å². The summed E-state index contributed by atoms with van der Waals surface area (Å²) in [5.41, 5.74) is 2.29. The zero-order valence-electron chi connectivity index (χ0n) is 18.1. The fourth-order valence-corrected chi connectivity index (χ4v) is 4.24. The van der Waals surface area contributed by atoms with Gasteiger partial charge >= 0.3 is 6.09 Å². The summed E-state index contributed by atoms with van der Waals surface area (Å²) in [6, 6.07) is 7.01. The normalized spacial score (nSPS) is 15.0. The highest BCUT2D eigenvalue weighted by Crippen LogP contribution is 2.31. The monoisotopic (exact) mass is 471 g/mol. The van der Waals surface area contributed by atoms with Crippen molar-refractivity contribution in [3.8, 4) is 0 Å². The van der Waals surface area contributed by atoms with Gasteiger partial charge in [-0.2, -0.15) is 14.8 Å². The summed E-state index contributed by atoms with van der Waals surface area (Å²) in [5, 5.41) is 19.9. The summed E-state index contributed by atoms with van der Waals surface area (Å²) in [7, 11) is 0. The van der Waals surface area contributed by atoms with Crippen LogP contribution in [0.15, 0.2) is 41.1 Å². The standard InChI is InChI=1S/C22H23F2N7O3/c23-18(24)12-25-10-13-3-6-30(7-4-13)20-19-16(5-8-34-19)28-21(29-20)27-15-2-1-14-11-26-31(22(32)33)17(14)9-15/h1-2,5,8-9,11,13,18,25H,3-4,6-7,10,12H2,(H,32,33)(H,27,28,29). The summed E-state index contributed by atoms with van der Waals surface area (Å²) in [6.45, 7) is 1.72. The Morgan fingerprint density at radius 3 is 2.82 bits per heavy atom. The van der Waals surface area contributed by atoms with E-state index in [1.54, 1.807) is 30.5 Å². The number of furan rings is 1. The van der Waals surface area contributed by atoms with Gasteiger partial charge in [0, 0.05) is 30.2 Å². The lowest BCUT2D eigenvalue weighted by Crippen LogP contribution is -2.38. The van der Waals surface area contributed by atoms with Gasteiger partial charge in [-0.3, -0.25) is 0 Å². The zero-order valence-corrected chi connectivity index (χ0v) is 18.1.